The lowest BCUT2D eigenvalue weighted by Crippen LogP contribution is -2.65. The van der Waals surface area contributed by atoms with E-state index in [1.807, 2.05) is 0 Å². The van der Waals surface area contributed by atoms with Gasteiger partial charge in [-0.3, -0.25) is 0 Å². The van der Waals surface area contributed by atoms with Crippen LogP contribution < -0.4 is 0 Å². The Labute approximate surface area is 192 Å². The molecule has 0 saturated carbocycles. The van der Waals surface area contributed by atoms with Crippen molar-refractivity contribution in [2.24, 2.45) is 0 Å². The summed E-state index contributed by atoms with van der Waals surface area (Å²) in [6.45, 7) is -3.14. The summed E-state index contributed by atoms with van der Waals surface area (Å²) in [5, 5.41) is 109. The van der Waals surface area contributed by atoms with Gasteiger partial charge in [-0.05, 0) is 0 Å². The van der Waals surface area contributed by atoms with E-state index in [9.17, 15) is 51.1 Å². The molecule has 3 aliphatic heterocycles. The molecule has 0 bridgehead atoms. The minimum absolute atomic E-state index is 0.594. The molecule has 11 N–H and O–H groups in total. The highest BCUT2D eigenvalue weighted by Crippen LogP contribution is 2.32. The summed E-state index contributed by atoms with van der Waals surface area (Å²) in [7, 11) is 0. The van der Waals surface area contributed by atoms with Crippen LogP contribution in [0.5, 0.6) is 0 Å². The fourth-order valence-electron chi connectivity index (χ4n) is 4.01. The van der Waals surface area contributed by atoms with Crippen molar-refractivity contribution in [3.63, 3.8) is 0 Å². The first kappa shape index (κ1) is 27.9. The Kier molecular flexibility index (Phi) is 9.18. The van der Waals surface area contributed by atoms with Gasteiger partial charge in [0, 0.05) is 0 Å². The zero-order valence-corrected chi connectivity index (χ0v) is 17.8. The predicted octanol–water partition coefficient (Wildman–Crippen LogP) is -7.57. The van der Waals surface area contributed by atoms with Crippen LogP contribution in [0.4, 0.5) is 0 Å². The second-order valence-electron chi connectivity index (χ2n) is 8.43. The number of hydrogen-bond donors (Lipinski definition) is 11. The van der Waals surface area contributed by atoms with Gasteiger partial charge in [0.2, 0.25) is 5.79 Å². The molecule has 3 aliphatic rings. The van der Waals surface area contributed by atoms with Crippen LogP contribution in [-0.4, -0.2) is 168 Å². The smallest absolute Gasteiger partial charge is 0.219 e. The maximum Gasteiger partial charge on any atom is 0.219 e. The number of ether oxygens (including phenoxy) is 5. The Morgan fingerprint density at radius 2 is 1.24 bits per heavy atom. The van der Waals surface area contributed by atoms with E-state index < -0.39 is 112 Å². The molecule has 0 aliphatic carbocycles. The van der Waals surface area contributed by atoms with E-state index in [0.29, 0.717) is 0 Å². The number of aliphatic hydroxyl groups excluding tert-OH is 10. The highest BCUT2D eigenvalue weighted by molar-refractivity contribution is 4.97. The lowest BCUT2D eigenvalue weighted by atomic mass is 9.97. The molecule has 0 amide bonds. The molecule has 0 spiro atoms. The maximum atomic E-state index is 10.7. The molecule has 34 heavy (non-hydrogen) atoms. The Bertz CT molecular complexity index is 653. The maximum absolute atomic E-state index is 10.7. The largest absolute Gasteiger partial charge is 0.394 e. The molecular weight excluding hydrogens is 472 g/mol. The second kappa shape index (κ2) is 11.2. The van der Waals surface area contributed by atoms with E-state index in [2.05, 4.69) is 0 Å². The lowest BCUT2D eigenvalue weighted by molar-refractivity contribution is -0.362. The molecule has 3 heterocycles. The molecule has 16 heteroatoms. The van der Waals surface area contributed by atoms with Crippen LogP contribution in [0.25, 0.3) is 0 Å². The van der Waals surface area contributed by atoms with Crippen LogP contribution >= 0.6 is 0 Å². The quantitative estimate of drug-likeness (QED) is 0.146. The van der Waals surface area contributed by atoms with E-state index >= 15 is 0 Å². The van der Waals surface area contributed by atoms with Crippen LogP contribution in [0.15, 0.2) is 0 Å². The van der Waals surface area contributed by atoms with Crippen molar-refractivity contribution in [2.45, 2.75) is 85.5 Å². The highest BCUT2D eigenvalue weighted by Gasteiger charge is 2.54. The molecule has 0 aromatic heterocycles. The zero-order chi connectivity index (χ0) is 25.4. The van der Waals surface area contributed by atoms with E-state index in [1.54, 1.807) is 0 Å². The van der Waals surface area contributed by atoms with Crippen molar-refractivity contribution in [2.75, 3.05) is 26.4 Å². The molecule has 0 aromatic rings. The Hall–Kier alpha value is -0.640. The molecule has 0 radical (unpaired) electrons. The summed E-state index contributed by atoms with van der Waals surface area (Å²) in [6, 6.07) is 0. The summed E-state index contributed by atoms with van der Waals surface area (Å²) < 4.78 is 26.3. The molecule has 200 valence electrons. The molecular formula is C18H32O16. The van der Waals surface area contributed by atoms with Crippen molar-refractivity contribution >= 4 is 0 Å². The number of hydrogen-bond acceptors (Lipinski definition) is 16. The van der Waals surface area contributed by atoms with Gasteiger partial charge < -0.3 is 79.9 Å². The first-order valence-electron chi connectivity index (χ1n) is 10.6. The fraction of sp³-hybridized carbons (Fsp3) is 1.00. The highest BCUT2D eigenvalue weighted by atomic mass is 16.7. The molecule has 16 nitrogen and oxygen atoms in total. The second-order valence-corrected chi connectivity index (χ2v) is 8.43. The van der Waals surface area contributed by atoms with E-state index in [0.717, 1.165) is 0 Å². The fourth-order valence-corrected chi connectivity index (χ4v) is 4.01. The number of aliphatic hydroxyl groups is 11. The van der Waals surface area contributed by atoms with Crippen LogP contribution in [-0.2, 0) is 23.7 Å². The van der Waals surface area contributed by atoms with Crippen molar-refractivity contribution in [1.82, 2.24) is 0 Å². The van der Waals surface area contributed by atoms with Gasteiger partial charge in [0.25, 0.3) is 0 Å². The summed E-state index contributed by atoms with van der Waals surface area (Å²) in [5.74, 6) is -2.45. The third-order valence-electron chi connectivity index (χ3n) is 6.13. The van der Waals surface area contributed by atoms with Crippen LogP contribution in [0.2, 0.25) is 0 Å². The standard InChI is InChI=1S/C18H32O16/c19-1-5-8(22)11(25)12(26)17(32-5)33-14-9(23)6(2-20)31-16(13(14)27)30-3-7-10(24)15(28)18(29,4-21)34-7/h5-17,19-29H,1-4H2/t5-,6-,7-,8+,9-,10-,11+,12-,13-,14+,15+,16+,17+,18?/m1/s1. The van der Waals surface area contributed by atoms with Gasteiger partial charge in [0.15, 0.2) is 12.6 Å². The van der Waals surface area contributed by atoms with Crippen molar-refractivity contribution in [1.29, 1.82) is 0 Å². The lowest BCUT2D eigenvalue weighted by Gasteiger charge is -2.46. The SMILES string of the molecule is OC[C@H]1O[C@@H](O[C@@H]2[C@@H](O)[C@@H](OC[C@H]3OC(O)(CO)[C@@H](O)[C@@H]3O)O[C@H](CO)[C@H]2O)[C@H](O)[C@@H](O)[C@H]1O. The third kappa shape index (κ3) is 5.23. The van der Waals surface area contributed by atoms with Crippen molar-refractivity contribution in [3.8, 4) is 0 Å². The predicted molar refractivity (Wildman–Crippen MR) is 101 cm³/mol. The van der Waals surface area contributed by atoms with E-state index in [-0.39, 0.29) is 0 Å². The van der Waals surface area contributed by atoms with E-state index in [1.165, 1.54) is 0 Å². The van der Waals surface area contributed by atoms with Gasteiger partial charge in [0.1, 0.15) is 67.1 Å². The summed E-state index contributed by atoms with van der Waals surface area (Å²) in [5.41, 5.74) is 0. The van der Waals surface area contributed by atoms with Gasteiger partial charge in [-0.15, -0.1) is 0 Å². The van der Waals surface area contributed by atoms with Crippen molar-refractivity contribution in [3.05, 3.63) is 0 Å². The van der Waals surface area contributed by atoms with Gasteiger partial charge in [-0.25, -0.2) is 0 Å². The van der Waals surface area contributed by atoms with Crippen molar-refractivity contribution < 1.29 is 79.9 Å². The molecule has 14 atom stereocenters. The summed E-state index contributed by atoms with van der Waals surface area (Å²) in [4.78, 5) is 0. The molecule has 1 unspecified atom stereocenters. The average molecular weight is 504 g/mol. The molecule has 3 rings (SSSR count). The first-order valence-corrected chi connectivity index (χ1v) is 10.6. The van der Waals surface area contributed by atoms with Gasteiger partial charge in [0.05, 0.1) is 26.4 Å². The minimum Gasteiger partial charge on any atom is -0.394 e. The van der Waals surface area contributed by atoms with Gasteiger partial charge in [-0.1, -0.05) is 0 Å². The molecule has 0 aromatic carbocycles. The minimum atomic E-state index is -2.45. The topological polar surface area (TPSA) is 269 Å². The number of rotatable bonds is 8. The van der Waals surface area contributed by atoms with Crippen LogP contribution in [0.1, 0.15) is 0 Å². The Morgan fingerprint density at radius 1 is 0.647 bits per heavy atom. The van der Waals surface area contributed by atoms with Crippen LogP contribution in [0.3, 0.4) is 0 Å². The Balaban J connectivity index is 1.69. The monoisotopic (exact) mass is 504 g/mol. The van der Waals surface area contributed by atoms with Crippen LogP contribution in [0, 0.1) is 0 Å². The first-order chi connectivity index (χ1) is 16.0. The van der Waals surface area contributed by atoms with Gasteiger partial charge in [-0.2, -0.15) is 0 Å². The molecule has 3 fully saturated rings. The Morgan fingerprint density at radius 3 is 1.79 bits per heavy atom. The third-order valence-corrected chi connectivity index (χ3v) is 6.13. The van der Waals surface area contributed by atoms with Gasteiger partial charge >= 0.3 is 0 Å². The molecule has 3 saturated heterocycles. The summed E-state index contributed by atoms with van der Waals surface area (Å²) >= 11 is 0. The average Bonchev–Trinajstić information content (AvgIpc) is 3.05. The van der Waals surface area contributed by atoms with E-state index in [4.69, 9.17) is 28.8 Å². The normalized spacial score (nSPS) is 52.1. The summed E-state index contributed by atoms with van der Waals surface area (Å²) in [6.07, 6.45) is -21.4. The zero-order valence-electron chi connectivity index (χ0n) is 17.8.